The van der Waals surface area contributed by atoms with Gasteiger partial charge in [0.15, 0.2) is 0 Å². The van der Waals surface area contributed by atoms with Gasteiger partial charge < -0.3 is 9.88 Å². The van der Waals surface area contributed by atoms with Crippen LogP contribution in [-0.2, 0) is 11.2 Å². The number of carbonyl (C=O) groups excluding carboxylic acids is 1. The summed E-state index contributed by atoms with van der Waals surface area (Å²) in [5, 5.41) is 6.56. The van der Waals surface area contributed by atoms with E-state index in [9.17, 15) is 9.59 Å². The molecule has 4 rings (SSSR count). The zero-order chi connectivity index (χ0) is 17.2. The third-order valence-electron chi connectivity index (χ3n) is 4.85. The van der Waals surface area contributed by atoms with E-state index >= 15 is 0 Å². The molecule has 0 unspecified atom stereocenters. The molecule has 1 saturated heterocycles. The van der Waals surface area contributed by atoms with E-state index in [0.717, 1.165) is 29.7 Å². The van der Waals surface area contributed by atoms with Gasteiger partial charge in [-0.2, -0.15) is 5.10 Å². The van der Waals surface area contributed by atoms with Crippen LogP contribution in [0.1, 0.15) is 31.1 Å². The maximum Gasteiger partial charge on any atom is 0.326 e. The fourth-order valence-corrected chi connectivity index (χ4v) is 3.54. The van der Waals surface area contributed by atoms with Crippen LogP contribution in [0.2, 0.25) is 0 Å². The summed E-state index contributed by atoms with van der Waals surface area (Å²) in [5.74, 6) is 0.856. The summed E-state index contributed by atoms with van der Waals surface area (Å²) in [5.41, 5.74) is 1.72. The number of nitrogens with one attached hydrogen (secondary N) is 2. The molecular weight excluding hydrogens is 320 g/mol. The predicted octanol–water partition coefficient (Wildman–Crippen LogP) is 1.24. The van der Waals surface area contributed by atoms with Crippen LogP contribution in [0.25, 0.3) is 11.0 Å². The third kappa shape index (κ3) is 3.07. The average molecular weight is 340 g/mol. The average Bonchev–Trinajstić information content (AvgIpc) is 3.26. The number of piperidine rings is 1. The minimum atomic E-state index is -0.0729. The quantitative estimate of drug-likeness (QED) is 0.746. The van der Waals surface area contributed by atoms with Gasteiger partial charge in [-0.1, -0.05) is 12.1 Å². The smallest absolute Gasteiger partial charge is 0.326 e. The van der Waals surface area contributed by atoms with Gasteiger partial charge in [0.1, 0.15) is 12.2 Å². The lowest BCUT2D eigenvalue weighted by Crippen LogP contribution is -2.40. The van der Waals surface area contributed by atoms with Gasteiger partial charge >= 0.3 is 5.69 Å². The number of H-pyrrole nitrogens is 2. The molecular formula is C17H20N6O2. The van der Waals surface area contributed by atoms with Crippen molar-refractivity contribution in [3.63, 3.8) is 0 Å². The number of aromatic amines is 2. The zero-order valence-corrected chi connectivity index (χ0v) is 13.8. The number of para-hydroxylation sites is 2. The van der Waals surface area contributed by atoms with Crippen molar-refractivity contribution in [3.05, 3.63) is 46.9 Å². The fourth-order valence-electron chi connectivity index (χ4n) is 3.54. The molecule has 0 spiro atoms. The van der Waals surface area contributed by atoms with Crippen LogP contribution in [0.3, 0.4) is 0 Å². The normalized spacial score (nSPS) is 15.8. The number of imidazole rings is 1. The Bertz CT molecular complexity index is 918. The number of aromatic nitrogens is 5. The highest BCUT2D eigenvalue weighted by atomic mass is 16.2. The number of fused-ring (bicyclic) bond motifs is 1. The minimum Gasteiger partial charge on any atom is -0.343 e. The Hall–Kier alpha value is -2.90. The van der Waals surface area contributed by atoms with Crippen LogP contribution >= 0.6 is 0 Å². The maximum absolute atomic E-state index is 12.4. The first-order chi connectivity index (χ1) is 12.2. The summed E-state index contributed by atoms with van der Waals surface area (Å²) >= 11 is 0. The Morgan fingerprint density at radius 1 is 1.24 bits per heavy atom. The number of likely N-dealkylation sites (tertiary alicyclic amines) is 1. The van der Waals surface area contributed by atoms with Crippen molar-refractivity contribution in [2.45, 2.75) is 31.7 Å². The van der Waals surface area contributed by atoms with Gasteiger partial charge in [0.05, 0.1) is 11.0 Å². The largest absolute Gasteiger partial charge is 0.343 e. The Kier molecular flexibility index (Phi) is 4.09. The summed E-state index contributed by atoms with van der Waals surface area (Å²) in [6, 6.07) is 7.85. The van der Waals surface area contributed by atoms with E-state index in [1.165, 1.54) is 6.33 Å². The lowest BCUT2D eigenvalue weighted by atomic mass is 10.0. The number of amides is 1. The standard InChI is InChI=1S/C17H20N6O2/c24-16(6-5-15-18-11-19-21-15)22-9-7-12(8-10-22)23-14-4-2-1-3-13(14)20-17(23)25/h1-4,11-12H,5-10H2,(H,20,25)(H,18,19,21). The Morgan fingerprint density at radius 2 is 2.04 bits per heavy atom. The van der Waals surface area contributed by atoms with Crippen LogP contribution < -0.4 is 5.69 Å². The molecule has 1 aromatic carbocycles. The number of hydrogen-bond acceptors (Lipinski definition) is 4. The molecule has 1 aliphatic heterocycles. The molecule has 0 aliphatic carbocycles. The molecule has 1 amide bonds. The summed E-state index contributed by atoms with van der Waals surface area (Å²) in [6.07, 6.45) is 4.02. The van der Waals surface area contributed by atoms with Crippen molar-refractivity contribution in [1.29, 1.82) is 0 Å². The second kappa shape index (κ2) is 6.54. The zero-order valence-electron chi connectivity index (χ0n) is 13.8. The number of aryl methyl sites for hydroxylation is 1. The molecule has 2 aromatic heterocycles. The van der Waals surface area contributed by atoms with Gasteiger partial charge in [0, 0.05) is 32.0 Å². The molecule has 1 fully saturated rings. The van der Waals surface area contributed by atoms with Crippen LogP contribution in [0, 0.1) is 0 Å². The number of hydrogen-bond donors (Lipinski definition) is 2. The first kappa shape index (κ1) is 15.6. The molecule has 0 atom stereocenters. The highest BCUT2D eigenvalue weighted by molar-refractivity contribution is 5.77. The summed E-state index contributed by atoms with van der Waals surface area (Å²) in [4.78, 5) is 33.5. The second-order valence-corrected chi connectivity index (χ2v) is 6.36. The predicted molar refractivity (Wildman–Crippen MR) is 92.1 cm³/mol. The van der Waals surface area contributed by atoms with Gasteiger partial charge in [0.2, 0.25) is 5.91 Å². The van der Waals surface area contributed by atoms with E-state index in [1.54, 1.807) is 0 Å². The van der Waals surface area contributed by atoms with E-state index in [2.05, 4.69) is 20.2 Å². The second-order valence-electron chi connectivity index (χ2n) is 6.36. The molecule has 1 aliphatic rings. The van der Waals surface area contributed by atoms with E-state index in [0.29, 0.717) is 25.9 Å². The first-order valence-electron chi connectivity index (χ1n) is 8.53. The van der Waals surface area contributed by atoms with Crippen LogP contribution in [-0.4, -0.2) is 48.6 Å². The molecule has 25 heavy (non-hydrogen) atoms. The highest BCUT2D eigenvalue weighted by Crippen LogP contribution is 2.25. The number of rotatable bonds is 4. The van der Waals surface area contributed by atoms with E-state index < -0.39 is 0 Å². The van der Waals surface area contributed by atoms with Crippen molar-refractivity contribution in [2.24, 2.45) is 0 Å². The third-order valence-corrected chi connectivity index (χ3v) is 4.85. The van der Waals surface area contributed by atoms with Gasteiger partial charge in [-0.25, -0.2) is 9.78 Å². The highest BCUT2D eigenvalue weighted by Gasteiger charge is 2.25. The van der Waals surface area contributed by atoms with Gasteiger partial charge in [-0.15, -0.1) is 0 Å². The Morgan fingerprint density at radius 3 is 2.80 bits per heavy atom. The molecule has 8 nitrogen and oxygen atoms in total. The van der Waals surface area contributed by atoms with Crippen LogP contribution in [0.15, 0.2) is 35.4 Å². The number of nitrogens with zero attached hydrogens (tertiary/aromatic N) is 4. The van der Waals surface area contributed by atoms with Gasteiger partial charge in [-0.3, -0.25) is 14.5 Å². The van der Waals surface area contributed by atoms with Crippen molar-refractivity contribution in [2.75, 3.05) is 13.1 Å². The van der Waals surface area contributed by atoms with Crippen LogP contribution in [0.4, 0.5) is 0 Å². The summed E-state index contributed by atoms with van der Waals surface area (Å²) in [6.45, 7) is 1.34. The van der Waals surface area contributed by atoms with Crippen molar-refractivity contribution < 1.29 is 4.79 Å². The van der Waals surface area contributed by atoms with Crippen molar-refractivity contribution in [1.82, 2.24) is 29.6 Å². The number of benzene rings is 1. The van der Waals surface area contributed by atoms with Gasteiger partial charge in [0.25, 0.3) is 0 Å². The van der Waals surface area contributed by atoms with E-state index in [4.69, 9.17) is 0 Å². The summed E-state index contributed by atoms with van der Waals surface area (Å²) < 4.78 is 1.84. The minimum absolute atomic E-state index is 0.0729. The molecule has 2 N–H and O–H groups in total. The lowest BCUT2D eigenvalue weighted by Gasteiger charge is -2.32. The molecule has 3 heterocycles. The fraction of sp³-hybridized carbons (Fsp3) is 0.412. The maximum atomic E-state index is 12.4. The van der Waals surface area contributed by atoms with Crippen molar-refractivity contribution >= 4 is 16.9 Å². The van der Waals surface area contributed by atoms with Crippen molar-refractivity contribution in [3.8, 4) is 0 Å². The molecule has 130 valence electrons. The van der Waals surface area contributed by atoms with E-state index in [-0.39, 0.29) is 17.6 Å². The van der Waals surface area contributed by atoms with E-state index in [1.807, 2.05) is 33.7 Å². The number of carbonyl (C=O) groups is 1. The first-order valence-corrected chi connectivity index (χ1v) is 8.53. The monoisotopic (exact) mass is 340 g/mol. The molecule has 3 aromatic rings. The molecule has 8 heteroatoms. The molecule has 0 bridgehead atoms. The molecule has 0 radical (unpaired) electrons. The summed E-state index contributed by atoms with van der Waals surface area (Å²) in [7, 11) is 0. The van der Waals surface area contributed by atoms with Gasteiger partial charge in [-0.05, 0) is 25.0 Å². The molecule has 0 saturated carbocycles. The topological polar surface area (TPSA) is 99.7 Å². The SMILES string of the molecule is O=C(CCc1ncn[nH]1)N1CCC(n2c(=O)[nH]c3ccccc32)CC1. The Balaban J connectivity index is 1.40. The lowest BCUT2D eigenvalue weighted by molar-refractivity contribution is -0.132. The van der Waals surface area contributed by atoms with Crippen LogP contribution in [0.5, 0.6) is 0 Å². The Labute approximate surface area is 143 Å².